The van der Waals surface area contributed by atoms with Crippen molar-refractivity contribution in [3.63, 3.8) is 0 Å². The lowest BCUT2D eigenvalue weighted by molar-refractivity contribution is -0.263. The third-order valence-corrected chi connectivity index (χ3v) is 29.8. The molecule has 4 unspecified atom stereocenters. The molecule has 0 aromatic rings. The Kier molecular flexibility index (Phi) is 34.7. The molecule has 32 heteroatoms. The summed E-state index contributed by atoms with van der Waals surface area (Å²) in [4.78, 5) is 57.5. The molecule has 0 amide bonds. The van der Waals surface area contributed by atoms with E-state index in [4.69, 9.17) is 39.3 Å². The number of piperidine rings is 8. The molecule has 0 aromatic heterocycles. The molecule has 138 heavy (non-hydrogen) atoms. The number of hydrogen-bond acceptors (Lipinski definition) is 28. The van der Waals surface area contributed by atoms with Crippen molar-refractivity contribution in [2.24, 2.45) is 43.6 Å². The smallest absolute Gasteiger partial charge is 0.142 e. The molecule has 0 saturated carbocycles. The molecule has 8 fully saturated rings. The highest BCUT2D eigenvalue weighted by molar-refractivity contribution is 5.95. The largest absolute Gasteiger partial charge is 0.369 e. The highest BCUT2D eigenvalue weighted by Gasteiger charge is 2.50. The molecule has 32 nitrogen and oxygen atoms in total. The minimum atomic E-state index is -0.208. The van der Waals surface area contributed by atoms with Crippen LogP contribution in [0.3, 0.4) is 0 Å². The Morgan fingerprint density at radius 1 is 0.290 bits per heavy atom. The SMILES string of the molecule is CCCC(N=C1C=C(NCCN(CCN(CCN=C2C=C(NC(CCC)C3CC(C)(C)NC(C)(C)C3)NN(OC3CC(C)(C)NC(C)(C)C3)N2)C2=CC(=NC(CCC)C3CC(C)(C)NC(C)(C)C3)NN(OC3CC(C)(C)NC(C)(C)C3)N2)C2=CC(=NC(CCC)C3CC(C)(C)NC(C)(C)C3)NN(OC3CC(C)(C)NC(C)(C)C3)N2)NN(OC2CC(C)(C)NC(C)(C)C2)N1)C1CC(C)(C)NC(C)(C)C1. The lowest BCUT2D eigenvalue weighted by atomic mass is 9.72. The zero-order chi connectivity index (χ0) is 101. The van der Waals surface area contributed by atoms with Gasteiger partial charge < -0.3 is 63.0 Å². The molecule has 12 aliphatic rings. The van der Waals surface area contributed by atoms with E-state index >= 15 is 0 Å². The molecule has 12 heterocycles. The topological polar surface area (TPSA) is 322 Å². The maximum absolute atomic E-state index is 7.41. The van der Waals surface area contributed by atoms with Crippen LogP contribution >= 0.6 is 0 Å². The highest BCUT2D eigenvalue weighted by atomic mass is 16.8. The lowest BCUT2D eigenvalue weighted by Crippen LogP contribution is -2.64. The maximum atomic E-state index is 7.41. The van der Waals surface area contributed by atoms with Crippen molar-refractivity contribution in [1.29, 1.82) is 0 Å². The van der Waals surface area contributed by atoms with Gasteiger partial charge in [-0.25, -0.2) is 0 Å². The zero-order valence-corrected chi connectivity index (χ0v) is 93.6. The van der Waals surface area contributed by atoms with Gasteiger partial charge in [0.1, 0.15) is 46.6 Å². The molecule has 0 radical (unpaired) electrons. The molecule has 18 N–H and O–H groups in total. The second-order valence-electron chi connectivity index (χ2n) is 54.9. The van der Waals surface area contributed by atoms with E-state index in [-0.39, 0.29) is 137 Å². The standard InChI is InChI=1S/C106H202N28O4/c1-37-41-79(71-55-91(5,6)121-92(7,8)56-71)109-85-51-83(113-131(115-85)135-75-63-99(21,22)125-100(23,24)64-75)107-45-47-129(89-53-87(111-81(43-39-3)73-59-95(13,14)123-96(15,16)60-73)117-133(119-89)137-77-67-103(29,30)127-104(31,32)68-77)49-50-130(90-54-88(112-82(44-40-4)74-61-97(17,18)124-98(19,20)62-74)118-134(120-90)138-78-69-105(33,34)128-106(35,36)70-78)48-46-108-84-52-86(110-80(42-38-2)72-57-93(9,10)122-94(11,12)58-72)116-132(114-84)136-76-65-101(25,26)126-102(27,28)66-76/h51-54,71-82,107,110,113,116,119-128H,37-50,55-70H2,1-36H3,(H,108,114)(H,109,115)(H,111,117)(H,112,118). The monoisotopic (exact) mass is 1930 g/mol. The van der Waals surface area contributed by atoms with Gasteiger partial charge in [-0.3, -0.25) is 82.7 Å². The quantitative estimate of drug-likeness (QED) is 0.0275. The maximum Gasteiger partial charge on any atom is 0.142 e. The van der Waals surface area contributed by atoms with Crippen molar-refractivity contribution in [1.82, 2.24) is 127 Å². The first-order chi connectivity index (χ1) is 63.6. The van der Waals surface area contributed by atoms with E-state index in [0.29, 0.717) is 68.8 Å². The van der Waals surface area contributed by atoms with Gasteiger partial charge in [-0.15, -0.1) is 0 Å². The molecule has 0 spiro atoms. The summed E-state index contributed by atoms with van der Waals surface area (Å²) in [6, 6.07) is 0.267. The number of rotatable bonds is 37. The molecular weight excluding hydrogens is 1730 g/mol. The van der Waals surface area contributed by atoms with Gasteiger partial charge >= 0.3 is 0 Å². The number of nitrogens with zero attached hydrogens (tertiary/aromatic N) is 10. The summed E-state index contributed by atoms with van der Waals surface area (Å²) < 4.78 is 0. The van der Waals surface area contributed by atoms with Gasteiger partial charge in [0.2, 0.25) is 0 Å². The fraction of sp³-hybridized carbons (Fsp3) is 0.887. The summed E-state index contributed by atoms with van der Waals surface area (Å²) in [5.74, 6) is 7.57. The Morgan fingerprint density at radius 3 is 0.833 bits per heavy atom. The third kappa shape index (κ3) is 33.6. The molecular formula is C106H202N28O4. The van der Waals surface area contributed by atoms with Gasteiger partial charge in [-0.1, -0.05) is 53.4 Å². The zero-order valence-electron chi connectivity index (χ0n) is 93.6. The Hall–Kier alpha value is -5.40. The van der Waals surface area contributed by atoms with Gasteiger partial charge in [0, 0.05) is 152 Å². The Morgan fingerprint density at radius 2 is 0.536 bits per heavy atom. The lowest BCUT2D eigenvalue weighted by Gasteiger charge is -2.49. The fourth-order valence-corrected chi connectivity index (χ4v) is 28.4. The van der Waals surface area contributed by atoms with Crippen molar-refractivity contribution < 1.29 is 19.4 Å². The average molecular weight is 1930 g/mol. The summed E-state index contributed by atoms with van der Waals surface area (Å²) in [6.45, 7) is 86.4. The van der Waals surface area contributed by atoms with Gasteiger partial charge in [-0.2, -0.15) is 0 Å². The first kappa shape index (κ1) is 111. The van der Waals surface area contributed by atoms with E-state index in [9.17, 15) is 0 Å². The van der Waals surface area contributed by atoms with Crippen LogP contribution in [0.5, 0.6) is 0 Å². The number of hydrazine groups is 8. The summed E-state index contributed by atoms with van der Waals surface area (Å²) in [5.41, 5.74) is 28.2. The number of amidine groups is 4. The predicted molar refractivity (Wildman–Crippen MR) is 566 cm³/mol. The number of hydrogen-bond donors (Lipinski definition) is 18. The van der Waals surface area contributed by atoms with Crippen molar-refractivity contribution in [2.75, 3.05) is 39.3 Å². The summed E-state index contributed by atoms with van der Waals surface area (Å²) >= 11 is 0. The Labute approximate surface area is 836 Å². The summed E-state index contributed by atoms with van der Waals surface area (Å²) in [7, 11) is 0. The van der Waals surface area contributed by atoms with Crippen LogP contribution in [0.4, 0.5) is 0 Å². The minimum absolute atomic E-state index is 0.0136. The van der Waals surface area contributed by atoms with Crippen LogP contribution in [0, 0.1) is 23.7 Å². The molecule has 0 aromatic carbocycles. The third-order valence-electron chi connectivity index (χ3n) is 29.8. The number of nitrogens with one attached hydrogen (secondary N) is 18. The Bertz CT molecular complexity index is 4170. The first-order valence-corrected chi connectivity index (χ1v) is 54.1. The molecule has 0 bridgehead atoms. The van der Waals surface area contributed by atoms with Gasteiger partial charge in [0.15, 0.2) is 0 Å². The van der Waals surface area contributed by atoms with Crippen LogP contribution in [0.2, 0.25) is 0 Å². The van der Waals surface area contributed by atoms with E-state index in [1.807, 2.05) is 0 Å². The van der Waals surface area contributed by atoms with Crippen molar-refractivity contribution in [2.45, 2.75) is 541 Å². The summed E-state index contributed by atoms with van der Waals surface area (Å²) in [6.07, 6.45) is 30.6. The first-order valence-electron chi connectivity index (χ1n) is 54.1. The van der Waals surface area contributed by atoms with Crippen molar-refractivity contribution in [3.8, 4) is 0 Å². The van der Waals surface area contributed by atoms with Gasteiger partial charge in [0.25, 0.3) is 0 Å². The van der Waals surface area contributed by atoms with Crippen molar-refractivity contribution >= 4 is 23.3 Å². The highest BCUT2D eigenvalue weighted by Crippen LogP contribution is 2.44. The minimum Gasteiger partial charge on any atom is -0.369 e. The van der Waals surface area contributed by atoms with E-state index in [2.05, 4.69) is 380 Å². The van der Waals surface area contributed by atoms with Crippen molar-refractivity contribution in [3.05, 3.63) is 47.6 Å². The van der Waals surface area contributed by atoms with Gasteiger partial charge in [0.05, 0.1) is 49.1 Å². The molecule has 8 saturated heterocycles. The molecule has 0 aliphatic carbocycles. The van der Waals surface area contributed by atoms with Crippen LogP contribution in [0.1, 0.15) is 403 Å². The molecule has 790 valence electrons. The van der Waals surface area contributed by atoms with Crippen LogP contribution in [-0.4, -0.2) is 231 Å². The number of aliphatic imine (C=N–C) groups is 4. The van der Waals surface area contributed by atoms with E-state index in [1.54, 1.807) is 21.1 Å². The van der Waals surface area contributed by atoms with Crippen LogP contribution in [0.15, 0.2) is 67.6 Å². The van der Waals surface area contributed by atoms with Gasteiger partial charge in [-0.05, 0) is 395 Å². The van der Waals surface area contributed by atoms with E-state index in [0.717, 1.165) is 195 Å². The molecule has 12 aliphatic heterocycles. The van der Waals surface area contributed by atoms with Crippen LogP contribution in [-0.2, 0) is 19.4 Å². The van der Waals surface area contributed by atoms with E-state index < -0.39 is 0 Å². The Balaban J connectivity index is 1.000. The molecule has 4 atom stereocenters. The normalized spacial score (nSPS) is 29.3. The second-order valence-corrected chi connectivity index (χ2v) is 54.9. The van der Waals surface area contributed by atoms with Crippen LogP contribution in [0.25, 0.3) is 0 Å². The van der Waals surface area contributed by atoms with E-state index in [1.165, 1.54) is 0 Å². The molecule has 12 rings (SSSR count). The average Bonchev–Trinajstić information content (AvgIpc) is 0.800. The van der Waals surface area contributed by atoms with Crippen LogP contribution < -0.4 is 96.6 Å². The predicted octanol–water partition coefficient (Wildman–Crippen LogP) is 14.9. The fourth-order valence-electron chi connectivity index (χ4n) is 28.4. The summed E-state index contributed by atoms with van der Waals surface area (Å²) in [5, 5.41) is 46.8. The second kappa shape index (κ2) is 43.0.